The summed E-state index contributed by atoms with van der Waals surface area (Å²) >= 11 is 16.2. The zero-order valence-corrected chi connectivity index (χ0v) is 27.5. The van der Waals surface area contributed by atoms with Crippen molar-refractivity contribution in [2.75, 3.05) is 11.1 Å². The first kappa shape index (κ1) is 33.3. The van der Waals surface area contributed by atoms with Crippen molar-refractivity contribution in [1.29, 1.82) is 0 Å². The molecule has 6 aromatic rings. The van der Waals surface area contributed by atoms with Crippen molar-refractivity contribution >= 4 is 85.8 Å². The first-order chi connectivity index (χ1) is 21.0. The number of nitrogen functional groups attached to an aromatic ring is 1. The number of nitrogens with one attached hydrogen (secondary N) is 1. The van der Waals surface area contributed by atoms with Gasteiger partial charge in [0.1, 0.15) is 25.9 Å². The highest BCUT2D eigenvalue weighted by atomic mass is 127. The van der Waals surface area contributed by atoms with Crippen molar-refractivity contribution < 1.29 is 13.2 Å². The molecule has 0 saturated carbocycles. The summed E-state index contributed by atoms with van der Waals surface area (Å²) < 4.78 is 40.4. The Bertz CT molecular complexity index is 1810. The van der Waals surface area contributed by atoms with Crippen molar-refractivity contribution in [3.63, 3.8) is 0 Å². The Balaban J connectivity index is 0.000000174. The highest BCUT2D eigenvalue weighted by Crippen LogP contribution is 2.38. The van der Waals surface area contributed by atoms with E-state index in [0.29, 0.717) is 33.7 Å². The second-order valence-electron chi connectivity index (χ2n) is 8.17. The van der Waals surface area contributed by atoms with E-state index in [-0.39, 0.29) is 16.7 Å². The standard InChI is InChI=1S/C13H7ClF3N5S.C7H6N4S.C6H5ClIN/c14-9-4-8(7(5-20-9)13(15,16)17)22-12-10(23-6-21-12)11-18-2-1-3-19-11;8-6-5(12-4-11-6)7-9-2-1-3-10-7;1-4-3-9-6(7)2-5(4)8/h1-6H,(H,20,22);1-4H,8H2;2-3H,1H3. The van der Waals surface area contributed by atoms with Crippen LogP contribution in [0.15, 0.2) is 72.5 Å². The predicted octanol–water partition coefficient (Wildman–Crippen LogP) is 8.24. The third kappa shape index (κ3) is 9.21. The SMILES string of the molecule is Cc1cnc(Cl)cc1I.FC(F)(F)c1cnc(Cl)cc1Nc1ncsc1-c1ncccn1.Nc1ncsc1-c1ncccn1. The van der Waals surface area contributed by atoms with Gasteiger partial charge in [0.05, 0.1) is 22.3 Å². The highest BCUT2D eigenvalue weighted by molar-refractivity contribution is 14.1. The molecule has 18 heteroatoms. The van der Waals surface area contributed by atoms with E-state index < -0.39 is 11.7 Å². The molecule has 0 aliphatic carbocycles. The molecule has 44 heavy (non-hydrogen) atoms. The molecule has 0 amide bonds. The lowest BCUT2D eigenvalue weighted by Crippen LogP contribution is -2.10. The van der Waals surface area contributed by atoms with E-state index in [4.69, 9.17) is 28.9 Å². The van der Waals surface area contributed by atoms with Gasteiger partial charge in [0, 0.05) is 40.8 Å². The average Bonchev–Trinajstić information content (AvgIpc) is 3.65. The van der Waals surface area contributed by atoms with Gasteiger partial charge in [0.25, 0.3) is 0 Å². The molecule has 0 aliphatic rings. The number of aromatic nitrogens is 8. The smallest absolute Gasteiger partial charge is 0.382 e. The normalized spacial score (nSPS) is 10.7. The van der Waals surface area contributed by atoms with E-state index in [2.05, 4.69) is 67.8 Å². The number of halogens is 6. The summed E-state index contributed by atoms with van der Waals surface area (Å²) in [4.78, 5) is 32.9. The molecule has 6 rings (SSSR count). The van der Waals surface area contributed by atoms with Gasteiger partial charge in [-0.15, -0.1) is 22.7 Å². The molecule has 0 saturated heterocycles. The van der Waals surface area contributed by atoms with E-state index in [1.807, 2.05) is 13.0 Å². The lowest BCUT2D eigenvalue weighted by molar-refractivity contribution is -0.137. The number of rotatable bonds is 4. The Kier molecular flexibility index (Phi) is 11.7. The number of hydrogen-bond acceptors (Lipinski definition) is 12. The minimum absolute atomic E-state index is 0.0618. The van der Waals surface area contributed by atoms with Crippen LogP contribution in [-0.4, -0.2) is 39.9 Å². The molecule has 0 spiro atoms. The fourth-order valence-corrected chi connectivity index (χ4v) is 5.39. The zero-order valence-electron chi connectivity index (χ0n) is 22.2. The Hall–Kier alpha value is -3.58. The Morgan fingerprint density at radius 1 is 0.773 bits per heavy atom. The summed E-state index contributed by atoms with van der Waals surface area (Å²) in [5, 5.41) is 3.14. The summed E-state index contributed by atoms with van der Waals surface area (Å²) in [6.45, 7) is 2.01. The van der Waals surface area contributed by atoms with Crippen molar-refractivity contribution in [1.82, 2.24) is 39.9 Å². The van der Waals surface area contributed by atoms with Gasteiger partial charge in [0.15, 0.2) is 17.5 Å². The molecule has 3 N–H and O–H groups in total. The van der Waals surface area contributed by atoms with Crippen LogP contribution in [0.25, 0.3) is 21.4 Å². The summed E-state index contributed by atoms with van der Waals surface area (Å²) in [7, 11) is 0. The van der Waals surface area contributed by atoms with E-state index in [0.717, 1.165) is 14.5 Å². The van der Waals surface area contributed by atoms with Crippen LogP contribution in [0.4, 0.5) is 30.5 Å². The predicted molar refractivity (Wildman–Crippen MR) is 175 cm³/mol. The Morgan fingerprint density at radius 3 is 1.86 bits per heavy atom. The maximum Gasteiger partial charge on any atom is 0.419 e. The minimum Gasteiger partial charge on any atom is -0.382 e. The first-order valence-corrected chi connectivity index (χ1v) is 15.6. The monoisotopic (exact) mass is 788 g/mol. The molecule has 0 aromatic carbocycles. The third-order valence-electron chi connectivity index (χ3n) is 5.13. The number of anilines is 3. The van der Waals surface area contributed by atoms with Crippen LogP contribution < -0.4 is 11.1 Å². The van der Waals surface area contributed by atoms with Crippen molar-refractivity contribution in [3.8, 4) is 21.4 Å². The van der Waals surface area contributed by atoms with Gasteiger partial charge >= 0.3 is 6.18 Å². The van der Waals surface area contributed by atoms with Crippen LogP contribution in [0.3, 0.4) is 0 Å². The zero-order chi connectivity index (χ0) is 31.7. The number of thiazole rings is 2. The van der Waals surface area contributed by atoms with Crippen LogP contribution in [0, 0.1) is 10.5 Å². The molecule has 0 radical (unpaired) electrons. The molecule has 0 atom stereocenters. The van der Waals surface area contributed by atoms with Gasteiger partial charge in [-0.1, -0.05) is 23.2 Å². The first-order valence-electron chi connectivity index (χ1n) is 12.0. The van der Waals surface area contributed by atoms with Gasteiger partial charge in [-0.25, -0.2) is 39.9 Å². The molecule has 6 heterocycles. The highest BCUT2D eigenvalue weighted by Gasteiger charge is 2.34. The maximum absolute atomic E-state index is 13.1. The van der Waals surface area contributed by atoms with Crippen LogP contribution in [-0.2, 0) is 6.18 Å². The van der Waals surface area contributed by atoms with E-state index in [1.165, 1.54) is 46.1 Å². The van der Waals surface area contributed by atoms with E-state index in [1.54, 1.807) is 36.2 Å². The topological polar surface area (TPSA) is 141 Å². The maximum atomic E-state index is 13.1. The largest absolute Gasteiger partial charge is 0.419 e. The summed E-state index contributed by atoms with van der Waals surface area (Å²) in [6.07, 6.45) is 4.31. The number of alkyl halides is 3. The van der Waals surface area contributed by atoms with E-state index in [9.17, 15) is 13.2 Å². The quantitative estimate of drug-likeness (QED) is 0.133. The molecule has 10 nitrogen and oxygen atoms in total. The number of hydrogen-bond donors (Lipinski definition) is 2. The molecule has 0 unspecified atom stereocenters. The molecule has 0 fully saturated rings. The van der Waals surface area contributed by atoms with Crippen LogP contribution in [0.2, 0.25) is 10.3 Å². The molecule has 6 aromatic heterocycles. The van der Waals surface area contributed by atoms with Crippen LogP contribution in [0.5, 0.6) is 0 Å². The fourth-order valence-electron chi connectivity index (χ4n) is 3.11. The van der Waals surface area contributed by atoms with Gasteiger partial charge in [-0.05, 0) is 59.3 Å². The lowest BCUT2D eigenvalue weighted by Gasteiger charge is -2.13. The lowest BCUT2D eigenvalue weighted by atomic mass is 10.2. The third-order valence-corrected chi connectivity index (χ3v) is 8.37. The molecule has 226 valence electrons. The van der Waals surface area contributed by atoms with Crippen molar-refractivity contribution in [2.24, 2.45) is 0 Å². The summed E-state index contributed by atoms with van der Waals surface area (Å²) in [5.74, 6) is 1.71. The molecular formula is C26H18Cl2F3IN10S2. The molecule has 0 aliphatic heterocycles. The number of nitrogens with zero attached hydrogens (tertiary/aromatic N) is 8. The summed E-state index contributed by atoms with van der Waals surface area (Å²) in [6, 6.07) is 6.35. The van der Waals surface area contributed by atoms with Gasteiger partial charge < -0.3 is 11.1 Å². The van der Waals surface area contributed by atoms with Crippen molar-refractivity contribution in [2.45, 2.75) is 13.1 Å². The number of pyridine rings is 2. The fraction of sp³-hybridized carbons (Fsp3) is 0.0769. The molecule has 0 bridgehead atoms. The minimum atomic E-state index is -4.57. The Labute approximate surface area is 280 Å². The van der Waals surface area contributed by atoms with Gasteiger partial charge in [0.2, 0.25) is 0 Å². The number of nitrogens with two attached hydrogens (primary N) is 1. The second-order valence-corrected chi connectivity index (χ2v) is 11.8. The van der Waals surface area contributed by atoms with Crippen molar-refractivity contribution in [3.05, 3.63) is 97.5 Å². The van der Waals surface area contributed by atoms with Crippen LogP contribution in [0.1, 0.15) is 11.1 Å². The Morgan fingerprint density at radius 2 is 1.32 bits per heavy atom. The second kappa shape index (κ2) is 15.4. The van der Waals surface area contributed by atoms with E-state index >= 15 is 0 Å². The van der Waals surface area contributed by atoms with Gasteiger partial charge in [-0.3, -0.25) is 0 Å². The summed E-state index contributed by atoms with van der Waals surface area (Å²) in [5.41, 5.74) is 8.76. The molecular weight excluding hydrogens is 771 g/mol. The average molecular weight is 789 g/mol. The number of aryl methyl sites for hydroxylation is 1. The van der Waals surface area contributed by atoms with Gasteiger partial charge in [-0.2, -0.15) is 13.2 Å². The van der Waals surface area contributed by atoms with Crippen LogP contribution >= 0.6 is 68.5 Å².